The van der Waals surface area contributed by atoms with Crippen molar-refractivity contribution in [1.29, 1.82) is 0 Å². The van der Waals surface area contributed by atoms with Crippen LogP contribution in [-0.4, -0.2) is 63.9 Å². The van der Waals surface area contributed by atoms with E-state index in [1.807, 2.05) is 0 Å². The molecule has 29 heavy (non-hydrogen) atoms. The summed E-state index contributed by atoms with van der Waals surface area (Å²) in [4.78, 5) is 43.1. The van der Waals surface area contributed by atoms with E-state index in [4.69, 9.17) is 10.1 Å². The Bertz CT molecular complexity index is 764. The fourth-order valence-corrected chi connectivity index (χ4v) is 4.28. The molecule has 1 atom stereocenters. The van der Waals surface area contributed by atoms with Crippen LogP contribution < -0.4 is 0 Å². The SMILES string of the molecule is CN(C(=O)CCCCCc1ccc2c(n1)CCCC2)C1CCN(CC(=O)O)C1=O. The van der Waals surface area contributed by atoms with E-state index in [0.29, 0.717) is 19.4 Å². The van der Waals surface area contributed by atoms with Gasteiger partial charge in [-0.15, -0.1) is 0 Å². The third-order valence-corrected chi connectivity index (χ3v) is 6.02. The molecule has 7 heteroatoms. The van der Waals surface area contributed by atoms with Crippen molar-refractivity contribution < 1.29 is 19.5 Å². The molecule has 0 radical (unpaired) electrons. The van der Waals surface area contributed by atoms with E-state index in [1.54, 1.807) is 7.05 Å². The fourth-order valence-electron chi connectivity index (χ4n) is 4.28. The number of hydrogen-bond acceptors (Lipinski definition) is 4. The number of unbranched alkanes of at least 4 members (excludes halogenated alkanes) is 2. The van der Waals surface area contributed by atoms with Crippen LogP contribution in [0, 0.1) is 0 Å². The Balaban J connectivity index is 1.36. The van der Waals surface area contributed by atoms with Gasteiger partial charge < -0.3 is 14.9 Å². The second-order valence-electron chi connectivity index (χ2n) is 8.14. The lowest BCUT2D eigenvalue weighted by Crippen LogP contribution is -2.43. The summed E-state index contributed by atoms with van der Waals surface area (Å²) in [7, 11) is 1.65. The van der Waals surface area contributed by atoms with Gasteiger partial charge in [-0.3, -0.25) is 19.4 Å². The van der Waals surface area contributed by atoms with Crippen LogP contribution in [0.4, 0.5) is 0 Å². The first-order valence-electron chi connectivity index (χ1n) is 10.7. The first kappa shape index (κ1) is 21.3. The Labute approximate surface area is 172 Å². The predicted octanol–water partition coefficient (Wildman–Crippen LogP) is 2.21. The molecule has 1 aliphatic carbocycles. The molecule has 0 saturated carbocycles. The number of carboxylic acids is 1. The van der Waals surface area contributed by atoms with Gasteiger partial charge in [-0.05, 0) is 63.0 Å². The van der Waals surface area contributed by atoms with E-state index in [1.165, 1.54) is 33.9 Å². The third-order valence-electron chi connectivity index (χ3n) is 6.02. The maximum absolute atomic E-state index is 12.4. The van der Waals surface area contributed by atoms with Crippen molar-refractivity contribution in [2.75, 3.05) is 20.1 Å². The van der Waals surface area contributed by atoms with Gasteiger partial charge in [0, 0.05) is 31.4 Å². The highest BCUT2D eigenvalue weighted by molar-refractivity contribution is 5.90. The number of carbonyl (C=O) groups excluding carboxylic acids is 2. The van der Waals surface area contributed by atoms with Crippen LogP contribution in [-0.2, 0) is 33.6 Å². The highest BCUT2D eigenvalue weighted by atomic mass is 16.4. The van der Waals surface area contributed by atoms with Crippen molar-refractivity contribution in [2.24, 2.45) is 0 Å². The van der Waals surface area contributed by atoms with Crippen molar-refractivity contribution in [3.05, 3.63) is 29.1 Å². The molecule has 2 amide bonds. The average Bonchev–Trinajstić information content (AvgIpc) is 3.06. The second-order valence-corrected chi connectivity index (χ2v) is 8.14. The smallest absolute Gasteiger partial charge is 0.323 e. The Morgan fingerprint density at radius 1 is 1.21 bits per heavy atom. The molecule has 1 aromatic heterocycles. The summed E-state index contributed by atoms with van der Waals surface area (Å²) in [6.45, 7) is 0.0926. The number of fused-ring (bicyclic) bond motifs is 1. The van der Waals surface area contributed by atoms with Gasteiger partial charge in [0.1, 0.15) is 12.6 Å². The molecule has 1 aromatic rings. The molecule has 0 bridgehead atoms. The molecular weight excluding hydrogens is 370 g/mol. The Hall–Kier alpha value is -2.44. The van der Waals surface area contributed by atoms with Crippen LogP contribution in [0.15, 0.2) is 12.1 Å². The quantitative estimate of drug-likeness (QED) is 0.641. The van der Waals surface area contributed by atoms with E-state index >= 15 is 0 Å². The van der Waals surface area contributed by atoms with E-state index in [0.717, 1.165) is 44.2 Å². The fraction of sp³-hybridized carbons (Fsp3) is 0.636. The normalized spacial score (nSPS) is 18.6. The van der Waals surface area contributed by atoms with Crippen molar-refractivity contribution in [1.82, 2.24) is 14.8 Å². The number of carboxylic acid groups (broad SMARTS) is 1. The van der Waals surface area contributed by atoms with Gasteiger partial charge in [0.05, 0.1) is 0 Å². The summed E-state index contributed by atoms with van der Waals surface area (Å²) in [5, 5.41) is 8.85. The Morgan fingerprint density at radius 3 is 2.79 bits per heavy atom. The molecule has 3 rings (SSSR count). The van der Waals surface area contributed by atoms with Crippen LogP contribution in [0.2, 0.25) is 0 Å². The minimum Gasteiger partial charge on any atom is -0.480 e. The van der Waals surface area contributed by atoms with Crippen LogP contribution in [0.5, 0.6) is 0 Å². The summed E-state index contributed by atoms with van der Waals surface area (Å²) < 4.78 is 0. The molecule has 0 aromatic carbocycles. The summed E-state index contributed by atoms with van der Waals surface area (Å²) in [5.41, 5.74) is 3.81. The number of rotatable bonds is 9. The number of aliphatic carboxylic acids is 1. The standard InChI is InChI=1S/C22H31N3O4/c1-24(19-13-14-25(22(19)29)15-21(27)28)20(26)10-4-2-3-8-17-12-11-16-7-5-6-9-18(16)23-17/h11-12,19H,2-10,13-15H2,1H3,(H,27,28). The summed E-state index contributed by atoms with van der Waals surface area (Å²) in [6.07, 6.45) is 9.31. The van der Waals surface area contributed by atoms with Gasteiger partial charge in [-0.2, -0.15) is 0 Å². The molecule has 158 valence electrons. The average molecular weight is 402 g/mol. The molecular formula is C22H31N3O4. The van der Waals surface area contributed by atoms with Gasteiger partial charge in [0.15, 0.2) is 0 Å². The number of likely N-dealkylation sites (N-methyl/N-ethyl adjacent to an activating group) is 1. The van der Waals surface area contributed by atoms with Crippen LogP contribution in [0.3, 0.4) is 0 Å². The molecule has 0 spiro atoms. The zero-order valence-corrected chi connectivity index (χ0v) is 17.2. The second kappa shape index (κ2) is 9.85. The Kier molecular flexibility index (Phi) is 7.23. The third kappa shape index (κ3) is 5.55. The molecule has 2 heterocycles. The zero-order chi connectivity index (χ0) is 20.8. The monoisotopic (exact) mass is 401 g/mol. The topological polar surface area (TPSA) is 90.8 Å². The first-order chi connectivity index (χ1) is 14.0. The van der Waals surface area contributed by atoms with Gasteiger partial charge in [0.25, 0.3) is 0 Å². The zero-order valence-electron chi connectivity index (χ0n) is 17.2. The molecule has 1 saturated heterocycles. The molecule has 1 unspecified atom stereocenters. The maximum Gasteiger partial charge on any atom is 0.323 e. The first-order valence-corrected chi connectivity index (χ1v) is 10.7. The lowest BCUT2D eigenvalue weighted by Gasteiger charge is -2.23. The summed E-state index contributed by atoms with van der Waals surface area (Å²) in [5.74, 6) is -1.34. The van der Waals surface area contributed by atoms with Gasteiger partial charge in [-0.1, -0.05) is 12.5 Å². The summed E-state index contributed by atoms with van der Waals surface area (Å²) >= 11 is 0. The van der Waals surface area contributed by atoms with Gasteiger partial charge in [0.2, 0.25) is 11.8 Å². The molecule has 1 N–H and O–H groups in total. The van der Waals surface area contributed by atoms with E-state index in [9.17, 15) is 14.4 Å². The molecule has 1 fully saturated rings. The predicted molar refractivity (Wildman–Crippen MR) is 108 cm³/mol. The largest absolute Gasteiger partial charge is 0.480 e. The molecule has 7 nitrogen and oxygen atoms in total. The Morgan fingerprint density at radius 2 is 2.00 bits per heavy atom. The van der Waals surface area contributed by atoms with Crippen LogP contribution in [0.25, 0.3) is 0 Å². The van der Waals surface area contributed by atoms with E-state index in [-0.39, 0.29) is 18.4 Å². The number of amides is 2. The highest BCUT2D eigenvalue weighted by Gasteiger charge is 2.36. The maximum atomic E-state index is 12.4. The number of nitrogens with zero attached hydrogens (tertiary/aromatic N) is 3. The van der Waals surface area contributed by atoms with Crippen molar-refractivity contribution >= 4 is 17.8 Å². The van der Waals surface area contributed by atoms with Crippen LogP contribution >= 0.6 is 0 Å². The van der Waals surface area contributed by atoms with Crippen molar-refractivity contribution in [3.63, 3.8) is 0 Å². The number of pyridine rings is 1. The number of aryl methyl sites for hydroxylation is 3. The van der Waals surface area contributed by atoms with Gasteiger partial charge >= 0.3 is 5.97 Å². The van der Waals surface area contributed by atoms with E-state index < -0.39 is 12.0 Å². The van der Waals surface area contributed by atoms with Crippen molar-refractivity contribution in [2.45, 2.75) is 70.3 Å². The number of aromatic nitrogens is 1. The molecule has 2 aliphatic rings. The lowest BCUT2D eigenvalue weighted by molar-refractivity contribution is -0.145. The number of carbonyl (C=O) groups is 3. The van der Waals surface area contributed by atoms with Crippen LogP contribution in [0.1, 0.15) is 61.9 Å². The van der Waals surface area contributed by atoms with Crippen molar-refractivity contribution in [3.8, 4) is 0 Å². The van der Waals surface area contributed by atoms with Gasteiger partial charge in [-0.25, -0.2) is 0 Å². The number of hydrogen-bond donors (Lipinski definition) is 1. The molecule has 1 aliphatic heterocycles. The van der Waals surface area contributed by atoms with E-state index in [2.05, 4.69) is 12.1 Å². The number of likely N-dealkylation sites (tertiary alicyclic amines) is 1. The minimum absolute atomic E-state index is 0.0487. The minimum atomic E-state index is -1.03. The lowest BCUT2D eigenvalue weighted by atomic mass is 9.95. The summed E-state index contributed by atoms with van der Waals surface area (Å²) in [6, 6.07) is 3.83. The highest BCUT2D eigenvalue weighted by Crippen LogP contribution is 2.21.